The van der Waals surface area contributed by atoms with Gasteiger partial charge in [0, 0.05) is 5.41 Å². The molecule has 0 aromatic carbocycles. The summed E-state index contributed by atoms with van der Waals surface area (Å²) in [4.78, 5) is 11.6. The van der Waals surface area contributed by atoms with Gasteiger partial charge in [0.15, 0.2) is 5.78 Å². The molecule has 1 rings (SSSR count). The van der Waals surface area contributed by atoms with Crippen molar-refractivity contribution in [2.45, 2.75) is 27.3 Å². The summed E-state index contributed by atoms with van der Waals surface area (Å²) in [7, 11) is 1.94. The summed E-state index contributed by atoms with van der Waals surface area (Å²) in [6.07, 6.45) is 5.74. The fourth-order valence-electron chi connectivity index (χ4n) is 0.998. The Morgan fingerprint density at radius 1 is 1.46 bits per heavy atom. The molecule has 0 saturated carbocycles. The van der Waals surface area contributed by atoms with Crippen molar-refractivity contribution in [3.63, 3.8) is 0 Å². The molecule has 0 aliphatic rings. The third-order valence-electron chi connectivity index (χ3n) is 1.99. The van der Waals surface area contributed by atoms with Crippen molar-refractivity contribution in [1.82, 2.24) is 4.57 Å². The summed E-state index contributed by atoms with van der Waals surface area (Å²) in [6, 6.07) is 0. The number of Topliss-reactive ketones (excluding diaryl/α,β-unsaturated/α-hetero) is 1. The van der Waals surface area contributed by atoms with Gasteiger partial charge in [-0.15, -0.1) is 0 Å². The highest BCUT2D eigenvalue weighted by Gasteiger charge is 2.23. The minimum atomic E-state index is -0.247. The van der Waals surface area contributed by atoms with Crippen molar-refractivity contribution in [2.75, 3.05) is 0 Å². The Labute approximate surface area is 79.0 Å². The van der Waals surface area contributed by atoms with Gasteiger partial charge in [0.25, 0.3) is 0 Å². The third-order valence-corrected chi connectivity index (χ3v) is 1.99. The molecule has 0 fully saturated rings. The van der Waals surface area contributed by atoms with E-state index in [2.05, 4.69) is 0 Å². The Balaban J connectivity index is 2.65. The van der Waals surface area contributed by atoms with E-state index in [0.29, 0.717) is 6.54 Å². The molecule has 0 N–H and O–H groups in total. The number of carbonyl (C=O) groups excluding carboxylic acids is 1. The van der Waals surface area contributed by atoms with E-state index < -0.39 is 0 Å². The SMILES string of the molecule is C[n+]1ccn(CC(=O)C(C)(C)C)c1. The van der Waals surface area contributed by atoms with Crippen LogP contribution in [0.25, 0.3) is 0 Å². The minimum absolute atomic E-state index is 0.247. The summed E-state index contributed by atoms with van der Waals surface area (Å²) < 4.78 is 3.82. The van der Waals surface area contributed by atoms with Crippen LogP contribution in [0.3, 0.4) is 0 Å². The number of carbonyl (C=O) groups is 1. The molecule has 0 aliphatic carbocycles. The second kappa shape index (κ2) is 3.32. The molecule has 0 amide bonds. The van der Waals surface area contributed by atoms with E-state index in [1.807, 2.05) is 55.7 Å². The zero-order valence-electron chi connectivity index (χ0n) is 8.74. The summed E-state index contributed by atoms with van der Waals surface area (Å²) in [6.45, 7) is 6.29. The molecular weight excluding hydrogens is 164 g/mol. The summed E-state index contributed by atoms with van der Waals surface area (Å²) in [5.74, 6) is 0.253. The van der Waals surface area contributed by atoms with Gasteiger partial charge >= 0.3 is 0 Å². The largest absolute Gasteiger partial charge is 0.295 e. The first kappa shape index (κ1) is 9.96. The molecule has 13 heavy (non-hydrogen) atoms. The van der Waals surface area contributed by atoms with Crippen LogP contribution in [0.4, 0.5) is 0 Å². The van der Waals surface area contributed by atoms with E-state index in [4.69, 9.17) is 0 Å². The molecule has 3 nitrogen and oxygen atoms in total. The van der Waals surface area contributed by atoms with E-state index in [1.54, 1.807) is 0 Å². The maximum atomic E-state index is 11.6. The van der Waals surface area contributed by atoms with Gasteiger partial charge in [-0.25, -0.2) is 9.13 Å². The van der Waals surface area contributed by atoms with Crippen molar-refractivity contribution in [2.24, 2.45) is 12.5 Å². The van der Waals surface area contributed by atoms with E-state index in [-0.39, 0.29) is 11.2 Å². The lowest BCUT2D eigenvalue weighted by molar-refractivity contribution is -0.671. The van der Waals surface area contributed by atoms with Gasteiger partial charge in [-0.1, -0.05) is 20.8 Å². The maximum absolute atomic E-state index is 11.6. The van der Waals surface area contributed by atoms with Gasteiger partial charge in [0.1, 0.15) is 18.9 Å². The van der Waals surface area contributed by atoms with Crippen LogP contribution in [-0.2, 0) is 18.4 Å². The van der Waals surface area contributed by atoms with Gasteiger partial charge in [-0.3, -0.25) is 4.79 Å². The molecule has 72 valence electrons. The van der Waals surface area contributed by atoms with Crippen molar-refractivity contribution >= 4 is 5.78 Å². The van der Waals surface area contributed by atoms with E-state index in [0.717, 1.165) is 0 Å². The lowest BCUT2D eigenvalue weighted by Crippen LogP contribution is -2.27. The van der Waals surface area contributed by atoms with E-state index in [1.165, 1.54) is 0 Å². The molecule has 0 unspecified atom stereocenters. The van der Waals surface area contributed by atoms with Gasteiger partial charge in [-0.05, 0) is 0 Å². The monoisotopic (exact) mass is 181 g/mol. The van der Waals surface area contributed by atoms with E-state index in [9.17, 15) is 4.79 Å². The molecule has 0 atom stereocenters. The lowest BCUT2D eigenvalue weighted by atomic mass is 9.91. The Morgan fingerprint density at radius 3 is 2.46 bits per heavy atom. The molecule has 0 spiro atoms. The van der Waals surface area contributed by atoms with Crippen molar-refractivity contribution < 1.29 is 9.36 Å². The first-order chi connectivity index (χ1) is 5.89. The normalized spacial score (nSPS) is 11.7. The molecule has 1 aromatic rings. The average Bonchev–Trinajstić information content (AvgIpc) is 2.33. The highest BCUT2D eigenvalue weighted by molar-refractivity contribution is 5.83. The second-order valence-corrected chi connectivity index (χ2v) is 4.42. The quantitative estimate of drug-likeness (QED) is 0.623. The van der Waals surface area contributed by atoms with Gasteiger partial charge in [-0.2, -0.15) is 0 Å². The highest BCUT2D eigenvalue weighted by Crippen LogP contribution is 2.15. The Hall–Kier alpha value is -1.12. The smallest absolute Gasteiger partial charge is 0.243 e. The summed E-state index contributed by atoms with van der Waals surface area (Å²) >= 11 is 0. The topological polar surface area (TPSA) is 25.9 Å². The molecule has 1 aromatic heterocycles. The predicted molar refractivity (Wildman–Crippen MR) is 50.1 cm³/mol. The number of aromatic nitrogens is 2. The Bertz CT molecular complexity index is 307. The van der Waals surface area contributed by atoms with Gasteiger partial charge in [0.2, 0.25) is 6.33 Å². The van der Waals surface area contributed by atoms with E-state index >= 15 is 0 Å². The lowest BCUT2D eigenvalue weighted by Gasteiger charge is -2.14. The van der Waals surface area contributed by atoms with Crippen molar-refractivity contribution in [3.05, 3.63) is 18.7 Å². The second-order valence-electron chi connectivity index (χ2n) is 4.42. The zero-order chi connectivity index (χ0) is 10.1. The van der Waals surface area contributed by atoms with Crippen LogP contribution in [0.2, 0.25) is 0 Å². The molecular formula is C10H17N2O+. The molecule has 1 heterocycles. The van der Waals surface area contributed by atoms with Crippen LogP contribution < -0.4 is 4.57 Å². The first-order valence-electron chi connectivity index (χ1n) is 4.44. The Kier molecular flexibility index (Phi) is 2.55. The number of ketones is 1. The third kappa shape index (κ3) is 2.68. The number of imidazole rings is 1. The van der Waals surface area contributed by atoms with Gasteiger partial charge < -0.3 is 0 Å². The molecule has 0 bridgehead atoms. The van der Waals surface area contributed by atoms with Crippen LogP contribution in [0, 0.1) is 5.41 Å². The van der Waals surface area contributed by atoms with Crippen LogP contribution in [0.5, 0.6) is 0 Å². The van der Waals surface area contributed by atoms with Crippen molar-refractivity contribution in [1.29, 1.82) is 0 Å². The minimum Gasteiger partial charge on any atom is -0.295 e. The molecule has 0 saturated heterocycles. The fourth-order valence-corrected chi connectivity index (χ4v) is 0.998. The van der Waals surface area contributed by atoms with Crippen LogP contribution >= 0.6 is 0 Å². The zero-order valence-corrected chi connectivity index (χ0v) is 8.74. The fraction of sp³-hybridized carbons (Fsp3) is 0.600. The predicted octanol–water partition coefficient (Wildman–Crippen LogP) is 0.928. The molecule has 3 heteroatoms. The number of hydrogen-bond acceptors (Lipinski definition) is 1. The average molecular weight is 181 g/mol. The van der Waals surface area contributed by atoms with Crippen LogP contribution in [-0.4, -0.2) is 10.4 Å². The van der Waals surface area contributed by atoms with Crippen molar-refractivity contribution in [3.8, 4) is 0 Å². The Morgan fingerprint density at radius 2 is 2.08 bits per heavy atom. The summed E-state index contributed by atoms with van der Waals surface area (Å²) in [5, 5.41) is 0. The number of rotatable bonds is 2. The first-order valence-corrected chi connectivity index (χ1v) is 4.44. The molecule has 0 radical (unpaired) electrons. The number of aryl methyl sites for hydroxylation is 1. The maximum Gasteiger partial charge on any atom is 0.243 e. The standard InChI is InChI=1S/C10H17N2O/c1-10(2,3)9(13)7-12-6-5-11(4)8-12/h5-6,8H,7H2,1-4H3/q+1. The summed E-state index contributed by atoms with van der Waals surface area (Å²) in [5.41, 5.74) is -0.247. The van der Waals surface area contributed by atoms with Crippen LogP contribution in [0.15, 0.2) is 18.7 Å². The number of hydrogen-bond donors (Lipinski definition) is 0. The molecule has 0 aliphatic heterocycles. The van der Waals surface area contributed by atoms with Gasteiger partial charge in [0.05, 0.1) is 7.05 Å². The van der Waals surface area contributed by atoms with Crippen LogP contribution in [0.1, 0.15) is 20.8 Å². The number of nitrogens with zero attached hydrogens (tertiary/aromatic N) is 2. The highest BCUT2D eigenvalue weighted by atomic mass is 16.1.